The van der Waals surface area contributed by atoms with Gasteiger partial charge >= 0.3 is 11.3 Å². The summed E-state index contributed by atoms with van der Waals surface area (Å²) in [6, 6.07) is 71.2. The van der Waals surface area contributed by atoms with Crippen LogP contribution in [0.3, 0.4) is 0 Å². The van der Waals surface area contributed by atoms with Crippen LogP contribution in [0.25, 0.3) is 76.1 Å². The molecule has 0 aliphatic carbocycles. The van der Waals surface area contributed by atoms with E-state index in [9.17, 15) is 20.1 Å². The Kier molecular flexibility index (Phi) is 11.9. The predicted molar refractivity (Wildman–Crippen MR) is 292 cm³/mol. The molecule has 0 N–H and O–H groups in total. The van der Waals surface area contributed by atoms with E-state index in [1.54, 1.807) is 54.6 Å². The van der Waals surface area contributed by atoms with Gasteiger partial charge in [0.1, 0.15) is 11.2 Å². The molecule has 0 amide bonds. The zero-order chi connectivity index (χ0) is 50.7. The molecule has 0 unspecified atom stereocenters. The van der Waals surface area contributed by atoms with E-state index in [4.69, 9.17) is 22.0 Å². The third-order valence-corrected chi connectivity index (χ3v) is 12.8. The molecule has 10 nitrogen and oxygen atoms in total. The molecule has 74 heavy (non-hydrogen) atoms. The minimum absolute atomic E-state index is 0.318. The number of anilines is 6. The van der Waals surface area contributed by atoms with Crippen molar-refractivity contribution in [3.05, 3.63) is 273 Å². The maximum atomic E-state index is 14.6. The zero-order valence-electron chi connectivity index (χ0n) is 39.1. The van der Waals surface area contributed by atoms with Crippen molar-refractivity contribution in [2.24, 2.45) is 0 Å². The van der Waals surface area contributed by atoms with Crippen LogP contribution in [0, 0.1) is 35.8 Å². The van der Waals surface area contributed by atoms with Gasteiger partial charge in [0.25, 0.3) is 0 Å². The number of rotatable bonds is 10. The monoisotopic (exact) mass is 952 g/mol. The van der Waals surface area contributed by atoms with E-state index in [1.807, 2.05) is 174 Å². The SMILES string of the molecule is [C-]#[N+]c1ccc(N(c2ccc([N+]#[C-])cc2)c2ccc3cc(-c4cc(-c5ccccc5)c(-c5cc6ccc(N(c7ccc(C#N)cc7)c7ccc(C#N)cc7)cc6oc5=O)cc4-c4ccccc4)c(=O)oc3c2)cc1. The van der Waals surface area contributed by atoms with Crippen molar-refractivity contribution >= 4 is 67.4 Å². The molecule has 2 aromatic heterocycles. The van der Waals surface area contributed by atoms with Gasteiger partial charge in [-0.3, -0.25) is 0 Å². The smallest absolute Gasteiger partial charge is 0.344 e. The lowest BCUT2D eigenvalue weighted by molar-refractivity contribution is 0.563. The second-order valence-corrected chi connectivity index (χ2v) is 17.3. The summed E-state index contributed by atoms with van der Waals surface area (Å²) >= 11 is 0. The van der Waals surface area contributed by atoms with Crippen molar-refractivity contribution in [2.75, 3.05) is 9.80 Å². The summed E-state index contributed by atoms with van der Waals surface area (Å²) in [6.45, 7) is 14.9. The van der Waals surface area contributed by atoms with Gasteiger partial charge in [-0.15, -0.1) is 0 Å². The zero-order valence-corrected chi connectivity index (χ0v) is 39.1. The van der Waals surface area contributed by atoms with Crippen LogP contribution in [0.2, 0.25) is 0 Å². The van der Waals surface area contributed by atoms with Crippen molar-refractivity contribution in [3.8, 4) is 56.6 Å². The van der Waals surface area contributed by atoms with Crippen LogP contribution in [-0.2, 0) is 0 Å². The fourth-order valence-corrected chi connectivity index (χ4v) is 9.23. The molecular formula is C64H36N6O4. The first-order chi connectivity index (χ1) is 36.3. The van der Waals surface area contributed by atoms with E-state index < -0.39 is 11.3 Å². The summed E-state index contributed by atoms with van der Waals surface area (Å²) in [5, 5.41) is 20.4. The summed E-state index contributed by atoms with van der Waals surface area (Å²) in [5.41, 5.74) is 10.8. The Morgan fingerprint density at radius 3 is 1.04 bits per heavy atom. The van der Waals surface area contributed by atoms with Gasteiger partial charge in [0.2, 0.25) is 0 Å². The first-order valence-electron chi connectivity index (χ1n) is 23.3. The van der Waals surface area contributed by atoms with E-state index in [2.05, 4.69) is 21.8 Å². The highest BCUT2D eigenvalue weighted by Gasteiger charge is 2.23. The number of nitrogens with zero attached hydrogens (tertiary/aromatic N) is 6. The summed E-state index contributed by atoms with van der Waals surface area (Å²) in [4.78, 5) is 40.2. The Hall–Kier alpha value is -11.0. The molecule has 0 spiro atoms. The molecule has 0 fully saturated rings. The summed E-state index contributed by atoms with van der Waals surface area (Å²) in [7, 11) is 0. The maximum absolute atomic E-state index is 14.6. The normalized spacial score (nSPS) is 10.8. The third kappa shape index (κ3) is 8.67. The standard InChI is InChI=1S/C64H36N6O4/c1-67-47-19-29-51(30-20-47)70(52-31-21-48(68-2)22-32-52)54-28-18-46-34-60(64(72)74-62(46)36-54)58-38-55(43-9-5-3-6-10-43)57(37-56(58)44-11-7-4-8-12-44)59-33-45-17-27-53(35-61(45)73-63(59)71)69(49-23-13-41(39-65)14-24-49)50-25-15-42(40-66)16-26-50/h3-38H. The highest BCUT2D eigenvalue weighted by Crippen LogP contribution is 2.44. The largest absolute Gasteiger partial charge is 0.422 e. The first kappa shape index (κ1) is 45.4. The lowest BCUT2D eigenvalue weighted by Gasteiger charge is -2.26. The van der Waals surface area contributed by atoms with Gasteiger partial charge in [0, 0.05) is 57.0 Å². The predicted octanol–water partition coefficient (Wildman–Crippen LogP) is 16.4. The van der Waals surface area contributed by atoms with Crippen molar-refractivity contribution in [2.45, 2.75) is 0 Å². The number of hydrogen-bond acceptors (Lipinski definition) is 8. The van der Waals surface area contributed by atoms with Crippen LogP contribution in [0.5, 0.6) is 0 Å². The van der Waals surface area contributed by atoms with E-state index in [-0.39, 0.29) is 0 Å². The minimum atomic E-state index is -0.568. The molecule has 2 heterocycles. The highest BCUT2D eigenvalue weighted by molar-refractivity contribution is 5.98. The molecular weight excluding hydrogens is 917 g/mol. The molecule has 10 heteroatoms. The van der Waals surface area contributed by atoms with Gasteiger partial charge in [-0.1, -0.05) is 84.9 Å². The van der Waals surface area contributed by atoms with Gasteiger partial charge in [-0.05, 0) is 155 Å². The van der Waals surface area contributed by atoms with Gasteiger partial charge in [-0.2, -0.15) is 10.5 Å². The molecule has 9 aromatic carbocycles. The molecule has 0 saturated carbocycles. The fourth-order valence-electron chi connectivity index (χ4n) is 9.23. The average Bonchev–Trinajstić information content (AvgIpc) is 3.46. The van der Waals surface area contributed by atoms with Crippen molar-refractivity contribution in [1.82, 2.24) is 0 Å². The average molecular weight is 953 g/mol. The number of nitriles is 2. The van der Waals surface area contributed by atoms with E-state index in [1.165, 1.54) is 0 Å². The van der Waals surface area contributed by atoms with E-state index >= 15 is 0 Å². The maximum Gasteiger partial charge on any atom is 0.344 e. The van der Waals surface area contributed by atoms with Crippen LogP contribution < -0.4 is 21.1 Å². The van der Waals surface area contributed by atoms with Crippen LogP contribution in [-0.4, -0.2) is 0 Å². The number of hydrogen-bond donors (Lipinski definition) is 0. The minimum Gasteiger partial charge on any atom is -0.422 e. The Balaban J connectivity index is 1.05. The van der Waals surface area contributed by atoms with Crippen LogP contribution in [0.1, 0.15) is 11.1 Å². The highest BCUT2D eigenvalue weighted by atomic mass is 16.4. The Morgan fingerprint density at radius 2 is 0.703 bits per heavy atom. The fraction of sp³-hybridized carbons (Fsp3) is 0. The molecule has 0 saturated heterocycles. The lowest BCUT2D eigenvalue weighted by Crippen LogP contribution is -2.10. The van der Waals surface area contributed by atoms with Crippen molar-refractivity contribution < 1.29 is 8.83 Å². The Bertz CT molecular complexity index is 3860. The van der Waals surface area contributed by atoms with E-state index in [0.29, 0.717) is 89.2 Å². The van der Waals surface area contributed by atoms with Crippen LogP contribution >= 0.6 is 0 Å². The van der Waals surface area contributed by atoms with Gasteiger partial charge in [0.15, 0.2) is 11.4 Å². The molecule has 0 radical (unpaired) electrons. The first-order valence-corrected chi connectivity index (χ1v) is 23.3. The molecule has 346 valence electrons. The Labute approximate surface area is 424 Å². The second-order valence-electron chi connectivity index (χ2n) is 17.3. The van der Waals surface area contributed by atoms with Crippen molar-refractivity contribution in [3.63, 3.8) is 0 Å². The third-order valence-electron chi connectivity index (χ3n) is 12.8. The molecule has 11 aromatic rings. The lowest BCUT2D eigenvalue weighted by atomic mass is 9.86. The van der Waals surface area contributed by atoms with E-state index in [0.717, 1.165) is 33.9 Å². The quantitative estimate of drug-likeness (QED) is 0.0981. The number of fused-ring (bicyclic) bond motifs is 2. The molecule has 11 rings (SSSR count). The molecule has 0 aliphatic rings. The van der Waals surface area contributed by atoms with Crippen LogP contribution in [0.15, 0.2) is 237 Å². The summed E-state index contributed by atoms with van der Waals surface area (Å²) in [5.74, 6) is 0. The molecule has 0 aliphatic heterocycles. The van der Waals surface area contributed by atoms with Gasteiger partial charge in [-0.25, -0.2) is 19.3 Å². The van der Waals surface area contributed by atoms with Crippen LogP contribution in [0.4, 0.5) is 45.5 Å². The molecule has 0 atom stereocenters. The number of benzene rings is 9. The Morgan fingerprint density at radius 1 is 0.365 bits per heavy atom. The topological polar surface area (TPSA) is 123 Å². The van der Waals surface area contributed by atoms with Gasteiger partial charge < -0.3 is 18.6 Å². The summed E-state index contributed by atoms with van der Waals surface area (Å²) < 4.78 is 12.5. The summed E-state index contributed by atoms with van der Waals surface area (Å²) in [6.07, 6.45) is 0. The molecule has 0 bridgehead atoms. The van der Waals surface area contributed by atoms with Crippen molar-refractivity contribution in [1.29, 1.82) is 10.5 Å². The second kappa shape index (κ2) is 19.4. The van der Waals surface area contributed by atoms with Gasteiger partial charge in [0.05, 0.1) is 47.5 Å².